The summed E-state index contributed by atoms with van der Waals surface area (Å²) < 4.78 is 50.6. The van der Waals surface area contributed by atoms with Crippen LogP contribution in [0.2, 0.25) is 36.3 Å². The molecule has 1 saturated heterocycles. The number of nitrogens with one attached hydrogen (secondary N) is 1. The van der Waals surface area contributed by atoms with Crippen LogP contribution in [0.4, 0.5) is 0 Å². The smallest absolute Gasteiger partial charge is 0.330 e. The van der Waals surface area contributed by atoms with E-state index >= 15 is 0 Å². The van der Waals surface area contributed by atoms with Crippen molar-refractivity contribution < 1.29 is 22.0 Å². The van der Waals surface area contributed by atoms with Gasteiger partial charge in [0.1, 0.15) is 6.23 Å². The molecule has 12 heteroatoms. The molecule has 1 aliphatic heterocycles. The molecule has 1 aromatic heterocycles. The number of benzene rings is 1. The summed E-state index contributed by atoms with van der Waals surface area (Å²) in [6, 6.07) is 8.17. The van der Waals surface area contributed by atoms with Crippen LogP contribution >= 0.6 is 0 Å². The van der Waals surface area contributed by atoms with E-state index in [0.29, 0.717) is 5.56 Å². The first-order valence-electron chi connectivity index (χ1n) is 13.7. The van der Waals surface area contributed by atoms with Gasteiger partial charge < -0.3 is 13.6 Å². The van der Waals surface area contributed by atoms with Crippen LogP contribution in [0.1, 0.15) is 59.8 Å². The predicted octanol–water partition coefficient (Wildman–Crippen LogP) is 5.35. The Balaban J connectivity index is 2.28. The Morgan fingerprint density at radius 3 is 2.08 bits per heavy atom. The fourth-order valence-electron chi connectivity index (χ4n) is 4.10. The Hall–Kier alpha value is -1.84. The van der Waals surface area contributed by atoms with Gasteiger partial charge in [-0.15, -0.1) is 0 Å². The predicted molar refractivity (Wildman–Crippen MR) is 162 cm³/mol. The molecular formula is C28H46N2O7SSi2. The van der Waals surface area contributed by atoms with Gasteiger partial charge in [-0.05, 0) is 55.3 Å². The lowest BCUT2D eigenvalue weighted by atomic mass is 10.2. The molecule has 0 bridgehead atoms. The van der Waals surface area contributed by atoms with Crippen LogP contribution in [0.3, 0.4) is 0 Å². The number of aromatic nitrogens is 2. The zero-order valence-corrected chi connectivity index (χ0v) is 28.6. The lowest BCUT2D eigenvalue weighted by Gasteiger charge is -2.44. The van der Waals surface area contributed by atoms with Crippen LogP contribution in [0.5, 0.6) is 0 Å². The number of sulfone groups is 1. The number of aryl methyl sites for hydroxylation is 1. The first-order chi connectivity index (χ1) is 18.1. The van der Waals surface area contributed by atoms with Gasteiger partial charge in [0.15, 0.2) is 16.6 Å². The third-order valence-corrected chi connectivity index (χ3v) is 20.1. The first-order valence-corrected chi connectivity index (χ1v) is 21.0. The highest BCUT2D eigenvalue weighted by Gasteiger charge is 2.62. The molecule has 0 amide bonds. The summed E-state index contributed by atoms with van der Waals surface area (Å²) >= 11 is 0. The van der Waals surface area contributed by atoms with Gasteiger partial charge in [0, 0.05) is 18.2 Å². The molecule has 2 aromatic rings. The molecule has 1 aliphatic rings. The summed E-state index contributed by atoms with van der Waals surface area (Å²) in [5.74, 6) is 0. The molecule has 0 radical (unpaired) electrons. The molecule has 1 N–H and O–H groups in total. The van der Waals surface area contributed by atoms with E-state index in [1.807, 2.05) is 0 Å². The van der Waals surface area contributed by atoms with Crippen LogP contribution in [0, 0.1) is 6.92 Å². The lowest BCUT2D eigenvalue weighted by Crippen LogP contribution is -2.58. The van der Waals surface area contributed by atoms with E-state index in [0.717, 1.165) is 0 Å². The Labute approximate surface area is 240 Å². The number of rotatable bonds is 8. The van der Waals surface area contributed by atoms with Gasteiger partial charge in [-0.25, -0.2) is 13.2 Å². The molecule has 0 spiro atoms. The van der Waals surface area contributed by atoms with Crippen molar-refractivity contribution >= 4 is 26.5 Å². The quantitative estimate of drug-likeness (QED) is 0.401. The van der Waals surface area contributed by atoms with Crippen molar-refractivity contribution in [1.29, 1.82) is 0 Å². The van der Waals surface area contributed by atoms with Gasteiger partial charge in [-0.3, -0.25) is 14.3 Å². The molecule has 40 heavy (non-hydrogen) atoms. The summed E-state index contributed by atoms with van der Waals surface area (Å²) in [5.41, 5.74) is -0.867. The second-order valence-electron chi connectivity index (χ2n) is 13.8. The van der Waals surface area contributed by atoms with Crippen LogP contribution in [-0.2, 0) is 23.4 Å². The third-order valence-electron chi connectivity index (χ3n) is 8.89. The molecule has 0 saturated carbocycles. The number of ether oxygens (including phenoxy) is 1. The molecule has 224 valence electrons. The fourth-order valence-corrected chi connectivity index (χ4v) is 8.50. The summed E-state index contributed by atoms with van der Waals surface area (Å²) in [4.78, 5) is 25.5. The van der Waals surface area contributed by atoms with E-state index in [-0.39, 0.29) is 28.0 Å². The highest BCUT2D eigenvalue weighted by molar-refractivity contribution is 7.92. The van der Waals surface area contributed by atoms with Gasteiger partial charge in [-0.2, -0.15) is 0 Å². The van der Waals surface area contributed by atoms with Crippen LogP contribution in [0.25, 0.3) is 0 Å². The molecule has 2 heterocycles. The Morgan fingerprint density at radius 1 is 1.00 bits per heavy atom. The first kappa shape index (κ1) is 32.7. The molecule has 9 nitrogen and oxygen atoms in total. The van der Waals surface area contributed by atoms with E-state index < -0.39 is 55.0 Å². The maximum absolute atomic E-state index is 14.7. The topological polar surface area (TPSA) is 117 Å². The number of H-pyrrole nitrogens is 1. The zero-order chi connectivity index (χ0) is 30.5. The summed E-state index contributed by atoms with van der Waals surface area (Å²) in [5, 5.41) is -0.412. The van der Waals surface area contributed by atoms with Gasteiger partial charge in [0.05, 0.1) is 17.6 Å². The minimum absolute atomic E-state index is 0.0864. The monoisotopic (exact) mass is 610 g/mol. The van der Waals surface area contributed by atoms with Crippen LogP contribution in [0.15, 0.2) is 51.0 Å². The van der Waals surface area contributed by atoms with Gasteiger partial charge >= 0.3 is 5.69 Å². The zero-order valence-electron chi connectivity index (χ0n) is 25.7. The second kappa shape index (κ2) is 10.8. The van der Waals surface area contributed by atoms with Crippen LogP contribution in [-0.4, -0.2) is 52.2 Å². The standard InChI is InChI=1S/C28H46N2O7SSi2/c1-20-18-30(25(32)29-24(20)31)23-17-22(37-40(10,11)27(5,6)7)28(36-23,19-35-39(8,9)26(2,3)4)38(33,34)21-15-13-12-14-16-21/h12-16,18,22-23H,17,19H2,1-11H3,(H,29,31,32)/t22-,23+,28+/m0/s1. The molecule has 0 unspecified atom stereocenters. The lowest BCUT2D eigenvalue weighted by molar-refractivity contribution is -0.0702. The van der Waals surface area contributed by atoms with E-state index in [1.54, 1.807) is 37.3 Å². The molecule has 1 aromatic carbocycles. The molecule has 0 aliphatic carbocycles. The minimum Gasteiger partial charge on any atom is -0.413 e. The summed E-state index contributed by atoms with van der Waals surface area (Å²) in [6.45, 7) is 22.1. The average Bonchev–Trinajstić information content (AvgIpc) is 3.18. The fraction of sp³-hybridized carbons (Fsp3) is 0.643. The van der Waals surface area contributed by atoms with Gasteiger partial charge in [-0.1, -0.05) is 59.7 Å². The van der Waals surface area contributed by atoms with Crippen molar-refractivity contribution in [2.24, 2.45) is 0 Å². The molecular weight excluding hydrogens is 565 g/mol. The third kappa shape index (κ3) is 6.02. The average molecular weight is 611 g/mol. The van der Waals surface area contributed by atoms with Crippen molar-refractivity contribution in [3.8, 4) is 0 Å². The number of hydrogen-bond acceptors (Lipinski definition) is 7. The SMILES string of the molecule is Cc1cn([C@H]2C[C@H](O[Si](C)(C)C(C)(C)C)[C@@](CO[Si](C)(C)C(C)(C)C)(S(=O)(=O)c3ccccc3)O2)c(=O)[nH]c1=O. The number of hydrogen-bond donors (Lipinski definition) is 1. The van der Waals surface area contributed by atoms with E-state index in [1.165, 1.54) is 10.8 Å². The number of nitrogens with zero attached hydrogens (tertiary/aromatic N) is 1. The number of aromatic amines is 1. The van der Waals surface area contributed by atoms with Crippen molar-refractivity contribution in [3.05, 3.63) is 62.9 Å². The van der Waals surface area contributed by atoms with Gasteiger partial charge in [0.25, 0.3) is 5.56 Å². The Morgan fingerprint density at radius 2 is 1.55 bits per heavy atom. The maximum Gasteiger partial charge on any atom is 0.330 e. The Bertz CT molecular complexity index is 1440. The Kier molecular flexibility index (Phi) is 8.80. The van der Waals surface area contributed by atoms with E-state index in [9.17, 15) is 18.0 Å². The summed E-state index contributed by atoms with van der Waals surface area (Å²) in [7, 11) is -9.23. The highest BCUT2D eigenvalue weighted by Crippen LogP contribution is 2.49. The molecule has 3 rings (SSSR count). The van der Waals surface area contributed by atoms with E-state index in [2.05, 4.69) is 72.7 Å². The highest BCUT2D eigenvalue weighted by atomic mass is 32.2. The normalized spacial score (nSPS) is 23.0. The van der Waals surface area contributed by atoms with Crippen molar-refractivity contribution in [2.75, 3.05) is 6.61 Å². The van der Waals surface area contributed by atoms with Gasteiger partial charge in [0.2, 0.25) is 14.8 Å². The minimum atomic E-state index is -4.22. The van der Waals surface area contributed by atoms with Crippen molar-refractivity contribution in [2.45, 2.75) is 113 Å². The van der Waals surface area contributed by atoms with Crippen molar-refractivity contribution in [1.82, 2.24) is 9.55 Å². The largest absolute Gasteiger partial charge is 0.413 e. The van der Waals surface area contributed by atoms with E-state index in [4.69, 9.17) is 13.6 Å². The second-order valence-corrected chi connectivity index (χ2v) is 25.6. The molecule has 1 fully saturated rings. The van der Waals surface area contributed by atoms with Crippen LogP contribution < -0.4 is 11.2 Å². The summed E-state index contributed by atoms with van der Waals surface area (Å²) in [6.07, 6.45) is -0.438. The van der Waals surface area contributed by atoms with Crippen molar-refractivity contribution in [3.63, 3.8) is 0 Å². The molecule has 3 atom stereocenters. The maximum atomic E-state index is 14.7.